The second kappa shape index (κ2) is 53.4. The van der Waals surface area contributed by atoms with Gasteiger partial charge >= 0.3 is 29.8 Å². The van der Waals surface area contributed by atoms with Crippen molar-refractivity contribution in [2.75, 3.05) is 18.1 Å². The fraction of sp³-hybridized carbons (Fsp3) is 0.871. The first kappa shape index (κ1) is 75.1. The first-order chi connectivity index (χ1) is 38.2. The minimum Gasteiger partial charge on any atom is -0.481 e. The lowest BCUT2D eigenvalue weighted by Crippen LogP contribution is -2.70. The van der Waals surface area contributed by atoms with Crippen molar-refractivity contribution in [3.63, 3.8) is 0 Å². The summed E-state index contributed by atoms with van der Waals surface area (Å²) in [5, 5.41) is 36.1. The molecule has 79 heavy (non-hydrogen) atoms. The normalized spacial score (nSPS) is 12.7. The molecule has 0 aromatic rings. The van der Waals surface area contributed by atoms with Gasteiger partial charge in [-0.25, -0.2) is 4.79 Å². The van der Waals surface area contributed by atoms with Crippen LogP contribution in [0.15, 0.2) is 0 Å². The molecule has 0 fully saturated rings. The van der Waals surface area contributed by atoms with Crippen molar-refractivity contribution < 1.29 is 63.1 Å². The van der Waals surface area contributed by atoms with Gasteiger partial charge in [0.15, 0.2) is 5.66 Å². The van der Waals surface area contributed by atoms with E-state index in [1.54, 1.807) is 0 Å². The smallest absolute Gasteiger partial charge is 0.326 e. The SMILES string of the molecule is CCCCCCCCCCCCCCCC(=O)OC[C@H](CSCCC(=O)N[C@@](CCC(=O)O)(NC(=O)CCCCCCCCCCCCC)C(=O)NC(CCC(=O)O)C(=O)O)OC(=O)CCCCCCCCCCCCCCC. The zero-order valence-corrected chi connectivity index (χ0v) is 50.7. The van der Waals surface area contributed by atoms with E-state index in [9.17, 15) is 53.7 Å². The number of nitrogens with one attached hydrogen (secondary N) is 3. The average molecular weight is 1140 g/mol. The molecule has 0 aromatic carbocycles. The van der Waals surface area contributed by atoms with E-state index in [2.05, 4.69) is 36.7 Å². The molecule has 3 atom stereocenters. The fourth-order valence-corrected chi connectivity index (χ4v) is 10.5. The van der Waals surface area contributed by atoms with Crippen LogP contribution >= 0.6 is 11.8 Å². The monoisotopic (exact) mass is 1140 g/mol. The van der Waals surface area contributed by atoms with E-state index >= 15 is 0 Å². The number of hydrogen-bond donors (Lipinski definition) is 6. The number of amides is 3. The molecule has 0 aliphatic rings. The molecule has 0 saturated carbocycles. The Hall–Kier alpha value is -3.89. The second-order valence-electron chi connectivity index (χ2n) is 22.1. The summed E-state index contributed by atoms with van der Waals surface area (Å²) in [7, 11) is 0. The Morgan fingerprint density at radius 3 is 1.16 bits per heavy atom. The molecule has 0 spiro atoms. The Bertz CT molecular complexity index is 1600. The molecule has 460 valence electrons. The van der Waals surface area contributed by atoms with E-state index < -0.39 is 85.1 Å². The number of carboxylic acids is 3. The minimum absolute atomic E-state index is 0.0460. The summed E-state index contributed by atoms with van der Waals surface area (Å²) in [5.74, 6) is -7.31. The van der Waals surface area contributed by atoms with Gasteiger partial charge in [-0.3, -0.25) is 33.6 Å². The Morgan fingerprint density at radius 1 is 0.430 bits per heavy atom. The molecule has 17 heteroatoms. The number of esters is 2. The van der Waals surface area contributed by atoms with Crippen LogP contribution in [0.1, 0.15) is 310 Å². The number of thioether (sulfide) groups is 1. The quantitative estimate of drug-likeness (QED) is 0.0188. The van der Waals surface area contributed by atoms with Gasteiger partial charge in [0.05, 0.1) is 0 Å². The van der Waals surface area contributed by atoms with Crippen LogP contribution in [0.5, 0.6) is 0 Å². The summed E-state index contributed by atoms with van der Waals surface area (Å²) in [6.07, 6.45) is 39.0. The van der Waals surface area contributed by atoms with Gasteiger partial charge in [-0.1, -0.05) is 239 Å². The van der Waals surface area contributed by atoms with Crippen molar-refractivity contribution in [2.24, 2.45) is 0 Å². The molecule has 0 saturated heterocycles. The third-order valence-electron chi connectivity index (χ3n) is 14.5. The van der Waals surface area contributed by atoms with Crippen molar-refractivity contribution in [2.45, 2.75) is 328 Å². The van der Waals surface area contributed by atoms with E-state index in [4.69, 9.17) is 9.47 Å². The van der Waals surface area contributed by atoms with Crippen LogP contribution in [0.3, 0.4) is 0 Å². The summed E-state index contributed by atoms with van der Waals surface area (Å²) in [6, 6.07) is -1.73. The summed E-state index contributed by atoms with van der Waals surface area (Å²) in [5.41, 5.74) is -2.39. The summed E-state index contributed by atoms with van der Waals surface area (Å²) in [4.78, 5) is 103. The molecule has 16 nitrogen and oxygen atoms in total. The average Bonchev–Trinajstić information content (AvgIpc) is 3.42. The highest BCUT2D eigenvalue weighted by molar-refractivity contribution is 7.99. The van der Waals surface area contributed by atoms with Crippen LogP contribution in [0.2, 0.25) is 0 Å². The minimum atomic E-state index is -2.39. The number of hydrogen-bond acceptors (Lipinski definition) is 11. The molecule has 3 amide bonds. The molecule has 1 unspecified atom stereocenters. The van der Waals surface area contributed by atoms with Gasteiger partial charge in [0.1, 0.15) is 18.8 Å². The summed E-state index contributed by atoms with van der Waals surface area (Å²) in [6.45, 7) is 6.50. The van der Waals surface area contributed by atoms with Gasteiger partial charge in [0.25, 0.3) is 5.91 Å². The number of carboxylic acid groups (broad SMARTS) is 3. The maximum Gasteiger partial charge on any atom is 0.326 e. The number of ether oxygens (including phenoxy) is 2. The zero-order valence-electron chi connectivity index (χ0n) is 49.9. The van der Waals surface area contributed by atoms with Crippen LogP contribution in [-0.2, 0) is 47.8 Å². The molecule has 0 heterocycles. The third-order valence-corrected chi connectivity index (χ3v) is 15.6. The topological polar surface area (TPSA) is 252 Å². The van der Waals surface area contributed by atoms with Gasteiger partial charge in [0, 0.05) is 56.5 Å². The van der Waals surface area contributed by atoms with E-state index in [1.165, 1.54) is 159 Å². The van der Waals surface area contributed by atoms with Crippen LogP contribution in [0.4, 0.5) is 0 Å². The van der Waals surface area contributed by atoms with Crippen molar-refractivity contribution in [1.82, 2.24) is 16.0 Å². The van der Waals surface area contributed by atoms with E-state index in [0.717, 1.165) is 70.6 Å². The maximum atomic E-state index is 14.1. The lowest BCUT2D eigenvalue weighted by Gasteiger charge is -2.35. The Kier molecular flexibility index (Phi) is 50.8. The predicted octanol–water partition coefficient (Wildman–Crippen LogP) is 14.5. The Morgan fingerprint density at radius 2 is 0.785 bits per heavy atom. The van der Waals surface area contributed by atoms with Gasteiger partial charge < -0.3 is 40.7 Å². The fourth-order valence-electron chi connectivity index (χ4n) is 9.61. The van der Waals surface area contributed by atoms with Crippen molar-refractivity contribution in [3.8, 4) is 0 Å². The second-order valence-corrected chi connectivity index (χ2v) is 23.2. The van der Waals surface area contributed by atoms with E-state index in [1.807, 2.05) is 0 Å². The van der Waals surface area contributed by atoms with Crippen molar-refractivity contribution in [3.05, 3.63) is 0 Å². The lowest BCUT2D eigenvalue weighted by molar-refractivity contribution is -0.157. The van der Waals surface area contributed by atoms with Crippen LogP contribution in [-0.4, -0.2) is 98.8 Å². The molecule has 0 aliphatic heterocycles. The molecule has 0 rings (SSSR count). The van der Waals surface area contributed by atoms with Gasteiger partial charge in [-0.2, -0.15) is 11.8 Å². The summed E-state index contributed by atoms with van der Waals surface area (Å²) >= 11 is 1.24. The summed E-state index contributed by atoms with van der Waals surface area (Å²) < 4.78 is 11.5. The first-order valence-electron chi connectivity index (χ1n) is 31.7. The molecular weight excluding hydrogens is 1030 g/mol. The number of unbranched alkanes of at least 4 members (excludes halogenated alkanes) is 34. The highest BCUT2D eigenvalue weighted by Gasteiger charge is 2.43. The molecule has 0 bridgehead atoms. The van der Waals surface area contributed by atoms with Gasteiger partial charge in [-0.05, 0) is 25.7 Å². The number of aliphatic carboxylic acids is 3. The van der Waals surface area contributed by atoms with Crippen LogP contribution in [0, 0.1) is 0 Å². The number of carbonyl (C=O) groups is 8. The number of carbonyl (C=O) groups excluding carboxylic acids is 5. The molecular formula is C62H113N3O13S. The zero-order chi connectivity index (χ0) is 58.5. The number of rotatable bonds is 59. The van der Waals surface area contributed by atoms with Gasteiger partial charge in [0.2, 0.25) is 11.8 Å². The van der Waals surface area contributed by atoms with Crippen molar-refractivity contribution in [1.29, 1.82) is 0 Å². The maximum absolute atomic E-state index is 14.1. The van der Waals surface area contributed by atoms with Gasteiger partial charge in [-0.15, -0.1) is 0 Å². The predicted molar refractivity (Wildman–Crippen MR) is 317 cm³/mol. The van der Waals surface area contributed by atoms with Crippen LogP contribution < -0.4 is 16.0 Å². The molecule has 0 aromatic heterocycles. The first-order valence-corrected chi connectivity index (χ1v) is 32.9. The van der Waals surface area contributed by atoms with E-state index in [0.29, 0.717) is 19.3 Å². The van der Waals surface area contributed by atoms with E-state index in [-0.39, 0.29) is 49.8 Å². The standard InChI is InChI=1S/C62H113N3O13S/c1-4-7-10-13-16-19-22-24-27-30-33-36-39-42-58(72)77-50-52(78-59(73)43-40-37-34-31-28-25-23-20-17-14-11-8-5-2)51-79-49-47-55(67)65-62(48-46-57(70)71,61(76)63-53(60(74)75)44-45-56(68)69)64-54(66)41-38-35-32-29-26-21-18-15-12-9-6-3/h52-53H,4-51H2,1-3H3,(H,63,76)(H,64,66)(H,65,67)(H,68,69)(H,70,71)(H,74,75)/t52-,53?,62-/m1/s1. The van der Waals surface area contributed by atoms with Crippen LogP contribution in [0.25, 0.3) is 0 Å². The Balaban J connectivity index is 5.69. The molecule has 0 radical (unpaired) electrons. The third kappa shape index (κ3) is 47.5. The van der Waals surface area contributed by atoms with Crippen molar-refractivity contribution >= 4 is 59.3 Å². The molecule has 6 N–H and O–H groups in total. The highest BCUT2D eigenvalue weighted by atomic mass is 32.2. The highest BCUT2D eigenvalue weighted by Crippen LogP contribution is 2.20. The molecule has 0 aliphatic carbocycles. The Labute approximate surface area is 482 Å². The largest absolute Gasteiger partial charge is 0.481 e. The lowest BCUT2D eigenvalue weighted by atomic mass is 9.99.